The first-order valence-electron chi connectivity index (χ1n) is 8.00. The lowest BCUT2D eigenvalue weighted by Crippen LogP contribution is -2.28. The second kappa shape index (κ2) is 7.80. The number of thiazole rings is 1. The molecular weight excluding hydrogens is 352 g/mol. The molecule has 0 bridgehead atoms. The number of nitrogens with zero attached hydrogens (tertiary/aromatic N) is 1. The van der Waals surface area contributed by atoms with Crippen LogP contribution in [0.15, 0.2) is 35.7 Å². The fourth-order valence-corrected chi connectivity index (χ4v) is 4.15. The lowest BCUT2D eigenvalue weighted by Gasteiger charge is -2.10. The number of carbonyl (C=O) groups excluding carboxylic acids is 1. The molecule has 1 amide bonds. The molecule has 0 spiro atoms. The molecule has 0 atom stereocenters. The standard InChI is InChI=1S/C19H20N2O2S2/c1-12-6-4-7-15(13(12)2)23-11-18(22)20-10-17-14(3)21-19(25-17)16-8-5-9-24-16/h4-9H,10-11H2,1-3H3,(H,20,22). The average Bonchev–Trinajstić information content (AvgIpc) is 3.24. The molecule has 3 rings (SSSR count). The van der Waals surface area contributed by atoms with Gasteiger partial charge in [-0.2, -0.15) is 0 Å². The second-order valence-corrected chi connectivity index (χ2v) is 7.80. The maximum Gasteiger partial charge on any atom is 0.258 e. The van der Waals surface area contributed by atoms with E-state index in [1.54, 1.807) is 22.7 Å². The van der Waals surface area contributed by atoms with Crippen LogP contribution in [-0.2, 0) is 11.3 Å². The van der Waals surface area contributed by atoms with Crippen molar-refractivity contribution in [2.24, 2.45) is 0 Å². The van der Waals surface area contributed by atoms with Crippen molar-refractivity contribution in [1.29, 1.82) is 0 Å². The fourth-order valence-electron chi connectivity index (χ4n) is 2.35. The van der Waals surface area contributed by atoms with Gasteiger partial charge in [-0.1, -0.05) is 18.2 Å². The summed E-state index contributed by atoms with van der Waals surface area (Å²) in [4.78, 5) is 18.9. The van der Waals surface area contributed by atoms with Crippen molar-refractivity contribution in [1.82, 2.24) is 10.3 Å². The Labute approximate surface area is 155 Å². The Morgan fingerprint density at radius 1 is 1.20 bits per heavy atom. The molecule has 2 aromatic heterocycles. The molecule has 0 aliphatic carbocycles. The molecule has 6 heteroatoms. The summed E-state index contributed by atoms with van der Waals surface area (Å²) in [7, 11) is 0. The minimum atomic E-state index is -0.133. The van der Waals surface area contributed by atoms with Gasteiger partial charge in [-0.25, -0.2) is 4.98 Å². The predicted octanol–water partition coefficient (Wildman–Crippen LogP) is 4.49. The van der Waals surface area contributed by atoms with Gasteiger partial charge in [0, 0.05) is 4.88 Å². The van der Waals surface area contributed by atoms with Gasteiger partial charge in [-0.3, -0.25) is 4.79 Å². The number of carbonyl (C=O) groups is 1. The molecule has 0 saturated heterocycles. The van der Waals surface area contributed by atoms with Crippen LogP contribution in [0.4, 0.5) is 0 Å². The number of benzene rings is 1. The van der Waals surface area contributed by atoms with Crippen molar-refractivity contribution >= 4 is 28.6 Å². The molecule has 1 aromatic carbocycles. The highest BCUT2D eigenvalue weighted by Gasteiger charge is 2.12. The lowest BCUT2D eigenvalue weighted by molar-refractivity contribution is -0.123. The van der Waals surface area contributed by atoms with Crippen molar-refractivity contribution in [2.75, 3.05) is 6.61 Å². The van der Waals surface area contributed by atoms with Gasteiger partial charge < -0.3 is 10.1 Å². The number of rotatable bonds is 6. The molecule has 0 aliphatic heterocycles. The summed E-state index contributed by atoms with van der Waals surface area (Å²) in [5.74, 6) is 0.621. The Hall–Kier alpha value is -2.18. The largest absolute Gasteiger partial charge is 0.483 e. The highest BCUT2D eigenvalue weighted by atomic mass is 32.1. The van der Waals surface area contributed by atoms with Gasteiger partial charge in [0.25, 0.3) is 5.91 Å². The van der Waals surface area contributed by atoms with E-state index in [-0.39, 0.29) is 12.5 Å². The van der Waals surface area contributed by atoms with Crippen LogP contribution in [0.3, 0.4) is 0 Å². The van der Waals surface area contributed by atoms with Crippen LogP contribution in [-0.4, -0.2) is 17.5 Å². The van der Waals surface area contributed by atoms with Crippen molar-refractivity contribution in [3.63, 3.8) is 0 Å². The lowest BCUT2D eigenvalue weighted by atomic mass is 10.1. The monoisotopic (exact) mass is 372 g/mol. The predicted molar refractivity (Wildman–Crippen MR) is 103 cm³/mol. The first-order chi connectivity index (χ1) is 12.0. The summed E-state index contributed by atoms with van der Waals surface area (Å²) >= 11 is 3.29. The molecule has 1 N–H and O–H groups in total. The van der Waals surface area contributed by atoms with Crippen LogP contribution >= 0.6 is 22.7 Å². The molecule has 0 unspecified atom stereocenters. The second-order valence-electron chi connectivity index (χ2n) is 5.77. The maximum atomic E-state index is 12.1. The van der Waals surface area contributed by atoms with Crippen LogP contribution in [0.25, 0.3) is 9.88 Å². The highest BCUT2D eigenvalue weighted by molar-refractivity contribution is 7.21. The zero-order valence-corrected chi connectivity index (χ0v) is 16.1. The van der Waals surface area contributed by atoms with Crippen LogP contribution in [0.5, 0.6) is 5.75 Å². The summed E-state index contributed by atoms with van der Waals surface area (Å²) in [5, 5.41) is 5.96. The Bertz CT molecular complexity index is 870. The number of hydrogen-bond donors (Lipinski definition) is 1. The molecule has 0 fully saturated rings. The summed E-state index contributed by atoms with van der Waals surface area (Å²) in [6.07, 6.45) is 0. The minimum Gasteiger partial charge on any atom is -0.483 e. The van der Waals surface area contributed by atoms with E-state index in [0.717, 1.165) is 37.3 Å². The number of hydrogen-bond acceptors (Lipinski definition) is 5. The number of nitrogens with one attached hydrogen (secondary N) is 1. The molecular formula is C19H20N2O2S2. The van der Waals surface area contributed by atoms with Gasteiger partial charge in [0.15, 0.2) is 6.61 Å². The van der Waals surface area contributed by atoms with E-state index in [0.29, 0.717) is 6.54 Å². The zero-order valence-electron chi connectivity index (χ0n) is 14.5. The van der Waals surface area contributed by atoms with E-state index in [9.17, 15) is 4.79 Å². The average molecular weight is 373 g/mol. The Kier molecular flexibility index (Phi) is 5.50. The van der Waals surface area contributed by atoms with E-state index in [2.05, 4.69) is 16.4 Å². The van der Waals surface area contributed by atoms with E-state index in [4.69, 9.17) is 4.74 Å². The maximum absolute atomic E-state index is 12.1. The number of aromatic nitrogens is 1. The van der Waals surface area contributed by atoms with Crippen LogP contribution < -0.4 is 10.1 Å². The van der Waals surface area contributed by atoms with E-state index in [1.165, 1.54) is 0 Å². The molecule has 0 radical (unpaired) electrons. The SMILES string of the molecule is Cc1cccc(OCC(=O)NCc2sc(-c3cccs3)nc2C)c1C. The first kappa shape index (κ1) is 17.6. The normalized spacial score (nSPS) is 10.7. The first-order valence-corrected chi connectivity index (χ1v) is 9.70. The summed E-state index contributed by atoms with van der Waals surface area (Å²) in [5.41, 5.74) is 3.18. The van der Waals surface area contributed by atoms with Gasteiger partial charge in [-0.05, 0) is 49.4 Å². The number of thiophene rings is 1. The summed E-state index contributed by atoms with van der Waals surface area (Å²) < 4.78 is 5.64. The van der Waals surface area contributed by atoms with E-state index < -0.39 is 0 Å². The van der Waals surface area contributed by atoms with Crippen LogP contribution in [0.1, 0.15) is 21.7 Å². The van der Waals surface area contributed by atoms with Crippen LogP contribution in [0, 0.1) is 20.8 Å². The third-order valence-electron chi connectivity index (χ3n) is 3.98. The smallest absolute Gasteiger partial charge is 0.258 e. The molecule has 0 saturated carbocycles. The summed E-state index contributed by atoms with van der Waals surface area (Å²) in [6.45, 7) is 6.49. The number of amides is 1. The van der Waals surface area contributed by atoms with Gasteiger partial charge >= 0.3 is 0 Å². The number of aryl methyl sites for hydroxylation is 2. The van der Waals surface area contributed by atoms with Gasteiger partial charge in [0.1, 0.15) is 10.8 Å². The van der Waals surface area contributed by atoms with Crippen molar-refractivity contribution in [2.45, 2.75) is 27.3 Å². The van der Waals surface area contributed by atoms with Crippen LogP contribution in [0.2, 0.25) is 0 Å². The number of ether oxygens (including phenoxy) is 1. The Morgan fingerprint density at radius 2 is 2.04 bits per heavy atom. The molecule has 25 heavy (non-hydrogen) atoms. The summed E-state index contributed by atoms with van der Waals surface area (Å²) in [6, 6.07) is 9.92. The van der Waals surface area contributed by atoms with Crippen molar-refractivity contribution in [3.05, 3.63) is 57.4 Å². The third kappa shape index (κ3) is 4.27. The van der Waals surface area contributed by atoms with Gasteiger partial charge in [-0.15, -0.1) is 22.7 Å². The topological polar surface area (TPSA) is 51.2 Å². The minimum absolute atomic E-state index is 0.0138. The van der Waals surface area contributed by atoms with Crippen molar-refractivity contribution in [3.8, 4) is 15.6 Å². The third-order valence-corrected chi connectivity index (χ3v) is 6.18. The van der Waals surface area contributed by atoms with Crippen molar-refractivity contribution < 1.29 is 9.53 Å². The van der Waals surface area contributed by atoms with E-state index >= 15 is 0 Å². The molecule has 0 aliphatic rings. The van der Waals surface area contributed by atoms with Gasteiger partial charge in [0.05, 0.1) is 17.1 Å². The van der Waals surface area contributed by atoms with Gasteiger partial charge in [0.2, 0.25) is 0 Å². The highest BCUT2D eigenvalue weighted by Crippen LogP contribution is 2.30. The molecule has 3 aromatic rings. The molecule has 4 nitrogen and oxygen atoms in total. The Balaban J connectivity index is 1.55. The Morgan fingerprint density at radius 3 is 2.80 bits per heavy atom. The quantitative estimate of drug-likeness (QED) is 0.693. The fraction of sp³-hybridized carbons (Fsp3) is 0.263. The molecule has 2 heterocycles. The zero-order chi connectivity index (χ0) is 17.8. The van der Waals surface area contributed by atoms with E-state index in [1.807, 2.05) is 50.4 Å². The molecule has 130 valence electrons.